The van der Waals surface area contributed by atoms with Crippen LogP contribution in [0.5, 0.6) is 0 Å². The van der Waals surface area contributed by atoms with Crippen LogP contribution in [0.4, 0.5) is 13.2 Å². The minimum absolute atomic E-state index is 0.185. The predicted molar refractivity (Wildman–Crippen MR) is 55.2 cm³/mol. The lowest BCUT2D eigenvalue weighted by Gasteiger charge is -2.47. The molecule has 16 heavy (non-hydrogen) atoms. The first-order chi connectivity index (χ1) is 7.46. The Balaban J connectivity index is 1.59. The van der Waals surface area contributed by atoms with Crippen molar-refractivity contribution in [1.82, 2.24) is 4.72 Å². The standard InChI is InChI=1S/C10H12F3NOS/c11-10(12,13)16-14-9(15)4-2-7-5-6-1-3-8(6)7/h1,3,6-8H,2,4-5H2,(H,14,15). The van der Waals surface area contributed by atoms with E-state index in [4.69, 9.17) is 0 Å². The van der Waals surface area contributed by atoms with Crippen LogP contribution in [-0.2, 0) is 4.79 Å². The number of halogens is 3. The Kier molecular flexibility index (Phi) is 3.19. The van der Waals surface area contributed by atoms with Gasteiger partial charge in [0.25, 0.3) is 0 Å². The van der Waals surface area contributed by atoms with Gasteiger partial charge in [-0.1, -0.05) is 12.2 Å². The van der Waals surface area contributed by atoms with Gasteiger partial charge in [-0.15, -0.1) is 0 Å². The van der Waals surface area contributed by atoms with Crippen LogP contribution < -0.4 is 4.72 Å². The number of hydrogen-bond donors (Lipinski definition) is 1. The number of alkyl halides is 3. The number of allylic oxidation sites excluding steroid dienone is 2. The van der Waals surface area contributed by atoms with Gasteiger partial charge in [0.2, 0.25) is 5.91 Å². The van der Waals surface area contributed by atoms with Crippen molar-refractivity contribution in [2.24, 2.45) is 17.8 Å². The van der Waals surface area contributed by atoms with Crippen molar-refractivity contribution in [1.29, 1.82) is 0 Å². The molecule has 1 fully saturated rings. The third-order valence-electron chi connectivity index (χ3n) is 3.22. The first kappa shape index (κ1) is 11.8. The summed E-state index contributed by atoms with van der Waals surface area (Å²) in [6.45, 7) is 0. The van der Waals surface area contributed by atoms with Crippen LogP contribution in [0.2, 0.25) is 0 Å². The van der Waals surface area contributed by atoms with Crippen molar-refractivity contribution in [2.75, 3.05) is 0 Å². The average molecular weight is 251 g/mol. The van der Waals surface area contributed by atoms with Gasteiger partial charge in [0.1, 0.15) is 0 Å². The van der Waals surface area contributed by atoms with Crippen LogP contribution in [-0.4, -0.2) is 11.4 Å². The van der Waals surface area contributed by atoms with Gasteiger partial charge in [-0.05, 0) is 30.6 Å². The van der Waals surface area contributed by atoms with Crippen LogP contribution in [0.15, 0.2) is 12.2 Å². The molecule has 0 spiro atoms. The molecule has 1 N–H and O–H groups in total. The van der Waals surface area contributed by atoms with Gasteiger partial charge in [-0.3, -0.25) is 9.52 Å². The zero-order chi connectivity index (χ0) is 11.8. The zero-order valence-electron chi connectivity index (χ0n) is 8.46. The highest BCUT2D eigenvalue weighted by molar-refractivity contribution is 7.98. The summed E-state index contributed by atoms with van der Waals surface area (Å²) in [4.78, 5) is 11.1. The number of rotatable bonds is 4. The van der Waals surface area contributed by atoms with Gasteiger partial charge in [-0.2, -0.15) is 13.2 Å². The molecule has 1 amide bonds. The Hall–Kier alpha value is -0.650. The second-order valence-corrected chi connectivity index (χ2v) is 5.10. The Morgan fingerprint density at radius 3 is 2.62 bits per heavy atom. The number of amides is 1. The predicted octanol–water partition coefficient (Wildman–Crippen LogP) is 2.87. The lowest BCUT2D eigenvalue weighted by molar-refractivity contribution is -0.120. The summed E-state index contributed by atoms with van der Waals surface area (Å²) in [5, 5.41) is 0. The average Bonchev–Trinajstić information content (AvgIpc) is 2.16. The third kappa shape index (κ3) is 2.72. The molecule has 2 rings (SSSR count). The van der Waals surface area contributed by atoms with E-state index >= 15 is 0 Å². The topological polar surface area (TPSA) is 29.1 Å². The molecule has 90 valence electrons. The highest BCUT2D eigenvalue weighted by Gasteiger charge is 2.42. The second kappa shape index (κ2) is 4.31. The van der Waals surface area contributed by atoms with Crippen LogP contribution in [0.1, 0.15) is 19.3 Å². The van der Waals surface area contributed by atoms with E-state index in [-0.39, 0.29) is 6.42 Å². The van der Waals surface area contributed by atoms with Gasteiger partial charge >= 0.3 is 5.51 Å². The molecule has 2 nitrogen and oxygen atoms in total. The normalized spacial score (nSPS) is 31.3. The van der Waals surface area contributed by atoms with Crippen molar-refractivity contribution in [3.8, 4) is 0 Å². The van der Waals surface area contributed by atoms with E-state index < -0.39 is 23.4 Å². The largest absolute Gasteiger partial charge is 0.461 e. The van der Waals surface area contributed by atoms with Gasteiger partial charge < -0.3 is 0 Å². The molecule has 0 aromatic heterocycles. The molecule has 0 aliphatic heterocycles. The van der Waals surface area contributed by atoms with Gasteiger partial charge in [0, 0.05) is 6.42 Å². The monoisotopic (exact) mass is 251 g/mol. The molecule has 3 atom stereocenters. The maximum Gasteiger partial charge on any atom is 0.461 e. The molecular weight excluding hydrogens is 239 g/mol. The Labute approximate surface area is 95.8 Å². The minimum atomic E-state index is -4.39. The number of nitrogens with one attached hydrogen (secondary N) is 1. The summed E-state index contributed by atoms with van der Waals surface area (Å²) < 4.78 is 37.1. The lowest BCUT2D eigenvalue weighted by Crippen LogP contribution is -2.40. The van der Waals surface area contributed by atoms with Crippen LogP contribution >= 0.6 is 11.9 Å². The molecule has 0 saturated heterocycles. The fraction of sp³-hybridized carbons (Fsp3) is 0.700. The van der Waals surface area contributed by atoms with E-state index in [1.165, 1.54) is 0 Å². The number of fused-ring (bicyclic) bond motifs is 1. The first-order valence-corrected chi connectivity index (χ1v) is 5.99. The molecular formula is C10H12F3NOS. The molecule has 2 aliphatic carbocycles. The van der Waals surface area contributed by atoms with Crippen LogP contribution in [0.25, 0.3) is 0 Å². The maximum atomic E-state index is 11.8. The summed E-state index contributed by atoms with van der Waals surface area (Å²) in [7, 11) is 0. The van der Waals surface area contributed by atoms with E-state index in [0.717, 1.165) is 6.42 Å². The second-order valence-electron chi connectivity index (χ2n) is 4.23. The molecule has 1 saturated carbocycles. The highest BCUT2D eigenvalue weighted by Crippen LogP contribution is 2.50. The fourth-order valence-electron chi connectivity index (χ4n) is 2.24. The molecule has 0 bridgehead atoms. The van der Waals surface area contributed by atoms with E-state index in [0.29, 0.717) is 24.2 Å². The molecule has 2 aliphatic rings. The van der Waals surface area contributed by atoms with Crippen molar-refractivity contribution < 1.29 is 18.0 Å². The van der Waals surface area contributed by atoms with E-state index in [2.05, 4.69) is 12.2 Å². The number of carbonyl (C=O) groups excluding carboxylic acids is 1. The SMILES string of the molecule is O=C(CCC1CC2C=CC21)NSC(F)(F)F. The van der Waals surface area contributed by atoms with E-state index in [9.17, 15) is 18.0 Å². The van der Waals surface area contributed by atoms with Crippen molar-refractivity contribution in [3.05, 3.63) is 12.2 Å². The Morgan fingerprint density at radius 2 is 2.19 bits per heavy atom. The van der Waals surface area contributed by atoms with Crippen LogP contribution in [0, 0.1) is 17.8 Å². The fourth-order valence-corrected chi connectivity index (χ4v) is 2.57. The molecule has 0 aromatic rings. The Morgan fingerprint density at radius 1 is 1.44 bits per heavy atom. The van der Waals surface area contributed by atoms with Gasteiger partial charge in [-0.25, -0.2) is 0 Å². The Bertz CT molecular complexity index is 316. The van der Waals surface area contributed by atoms with Gasteiger partial charge in [0.15, 0.2) is 0 Å². The summed E-state index contributed by atoms with van der Waals surface area (Å²) in [5.41, 5.74) is -4.39. The molecule has 3 unspecified atom stereocenters. The lowest BCUT2D eigenvalue weighted by atomic mass is 9.57. The highest BCUT2D eigenvalue weighted by atomic mass is 32.2. The maximum absolute atomic E-state index is 11.8. The summed E-state index contributed by atoms with van der Waals surface area (Å²) in [6, 6.07) is 0. The smallest absolute Gasteiger partial charge is 0.293 e. The van der Waals surface area contributed by atoms with E-state index in [1.807, 2.05) is 0 Å². The number of hydrogen-bond acceptors (Lipinski definition) is 2. The first-order valence-electron chi connectivity index (χ1n) is 5.17. The number of carbonyl (C=O) groups is 1. The quantitative estimate of drug-likeness (QED) is 0.615. The van der Waals surface area contributed by atoms with Crippen molar-refractivity contribution in [2.45, 2.75) is 24.8 Å². The molecule has 0 heterocycles. The van der Waals surface area contributed by atoms with Crippen LogP contribution in [0.3, 0.4) is 0 Å². The minimum Gasteiger partial charge on any atom is -0.293 e. The van der Waals surface area contributed by atoms with Gasteiger partial charge in [0.05, 0.1) is 11.9 Å². The zero-order valence-corrected chi connectivity index (χ0v) is 9.27. The molecule has 6 heteroatoms. The van der Waals surface area contributed by atoms with Crippen molar-refractivity contribution >= 4 is 17.9 Å². The third-order valence-corrected chi connectivity index (χ3v) is 3.78. The summed E-state index contributed by atoms with van der Waals surface area (Å²) in [5.74, 6) is 1.23. The van der Waals surface area contributed by atoms with Crippen molar-refractivity contribution in [3.63, 3.8) is 0 Å². The summed E-state index contributed by atoms with van der Waals surface area (Å²) in [6.07, 6.45) is 6.24. The molecule has 0 radical (unpaired) electrons. The van der Waals surface area contributed by atoms with E-state index in [1.54, 1.807) is 4.72 Å². The molecule has 0 aromatic carbocycles. The summed E-state index contributed by atoms with van der Waals surface area (Å²) >= 11 is -0.479.